The summed E-state index contributed by atoms with van der Waals surface area (Å²) in [5.41, 5.74) is 1.16. The largest absolute Gasteiger partial charge is 0.497 e. The fraction of sp³-hybridized carbons (Fsp3) is 0.158. The number of aromatic nitrogens is 2. The molecule has 1 amide bonds. The molecule has 0 radical (unpaired) electrons. The van der Waals surface area contributed by atoms with Gasteiger partial charge in [-0.2, -0.15) is 0 Å². The van der Waals surface area contributed by atoms with Crippen molar-refractivity contribution in [3.8, 4) is 5.75 Å². The van der Waals surface area contributed by atoms with E-state index in [0.717, 1.165) is 5.75 Å². The average molecular weight is 380 g/mol. The predicted molar refractivity (Wildman–Crippen MR) is 105 cm³/mol. The molecule has 0 aliphatic carbocycles. The number of hydrogen-bond donors (Lipinski definition) is 0. The van der Waals surface area contributed by atoms with Crippen molar-refractivity contribution < 1.29 is 9.53 Å². The molecule has 0 spiro atoms. The van der Waals surface area contributed by atoms with Gasteiger partial charge in [0.1, 0.15) is 12.4 Å². The lowest BCUT2D eigenvalue weighted by Gasteiger charge is -2.17. The van der Waals surface area contributed by atoms with Crippen LogP contribution in [0.15, 0.2) is 64.6 Å². The van der Waals surface area contributed by atoms with Crippen molar-refractivity contribution in [1.29, 1.82) is 0 Å². The number of amides is 1. The van der Waals surface area contributed by atoms with Crippen molar-refractivity contribution in [3.63, 3.8) is 0 Å². The van der Waals surface area contributed by atoms with Crippen LogP contribution < -0.4 is 10.3 Å². The van der Waals surface area contributed by atoms with E-state index in [-0.39, 0.29) is 18.1 Å². The van der Waals surface area contributed by atoms with Crippen LogP contribution in [0.5, 0.6) is 5.75 Å². The van der Waals surface area contributed by atoms with Crippen LogP contribution in [0.25, 0.3) is 10.9 Å². The fourth-order valence-electron chi connectivity index (χ4n) is 2.75. The monoisotopic (exact) mass is 380 g/mol. The Morgan fingerprint density at radius 2 is 1.93 bits per heavy atom. The lowest BCUT2D eigenvalue weighted by molar-refractivity contribution is -0.125. The number of methoxy groups -OCH3 is 1. The zero-order valence-corrected chi connectivity index (χ0v) is 15.3. The van der Waals surface area contributed by atoms with Gasteiger partial charge in [-0.25, -0.2) is 9.98 Å². The molecule has 136 valence electrons. The summed E-state index contributed by atoms with van der Waals surface area (Å²) < 4.78 is 6.57. The molecule has 1 aliphatic rings. The third kappa shape index (κ3) is 3.43. The number of rotatable bonds is 4. The molecule has 1 aromatic heterocycles. The molecule has 8 heteroatoms. The van der Waals surface area contributed by atoms with Crippen molar-refractivity contribution >= 4 is 39.4 Å². The van der Waals surface area contributed by atoms with Crippen molar-refractivity contribution in [3.05, 3.63) is 65.2 Å². The second-order valence-electron chi connectivity index (χ2n) is 5.88. The van der Waals surface area contributed by atoms with Crippen LogP contribution in [0.4, 0.5) is 5.69 Å². The van der Waals surface area contributed by atoms with Gasteiger partial charge in [0.15, 0.2) is 5.17 Å². The average Bonchev–Trinajstić information content (AvgIpc) is 3.04. The lowest BCUT2D eigenvalue weighted by Crippen LogP contribution is -2.36. The molecule has 0 unspecified atom stereocenters. The maximum absolute atomic E-state index is 12.7. The Kier molecular flexibility index (Phi) is 4.64. The summed E-state index contributed by atoms with van der Waals surface area (Å²) in [5.74, 6) is 0.942. The molecule has 2 heterocycles. The molecule has 4 rings (SSSR count). The molecule has 0 bridgehead atoms. The maximum atomic E-state index is 12.7. The van der Waals surface area contributed by atoms with Crippen molar-refractivity contribution in [1.82, 2.24) is 14.5 Å². The van der Waals surface area contributed by atoms with Gasteiger partial charge in [0, 0.05) is 0 Å². The Balaban J connectivity index is 1.65. The van der Waals surface area contributed by atoms with Gasteiger partial charge in [-0.3, -0.25) is 19.1 Å². The normalized spacial score (nSPS) is 15.7. The number of thioether (sulfide) groups is 1. The van der Waals surface area contributed by atoms with Crippen LogP contribution in [0.2, 0.25) is 0 Å². The van der Waals surface area contributed by atoms with Gasteiger partial charge in [-0.05, 0) is 36.4 Å². The Morgan fingerprint density at radius 3 is 2.70 bits per heavy atom. The zero-order valence-electron chi connectivity index (χ0n) is 14.5. The third-order valence-corrected chi connectivity index (χ3v) is 5.14. The van der Waals surface area contributed by atoms with E-state index in [9.17, 15) is 9.59 Å². The first-order valence-corrected chi connectivity index (χ1v) is 9.24. The number of benzene rings is 2. The van der Waals surface area contributed by atoms with Gasteiger partial charge in [0.25, 0.3) is 5.56 Å². The number of aliphatic imine (C=N–C) groups is 1. The third-order valence-electron chi connectivity index (χ3n) is 4.18. The number of ether oxygens (including phenoxy) is 1. The van der Waals surface area contributed by atoms with E-state index < -0.39 is 0 Å². The second kappa shape index (κ2) is 7.24. The highest BCUT2D eigenvalue weighted by Gasteiger charge is 2.28. The highest BCUT2D eigenvalue weighted by molar-refractivity contribution is 8.15. The van der Waals surface area contributed by atoms with Crippen molar-refractivity contribution in [2.75, 3.05) is 12.9 Å². The highest BCUT2D eigenvalue weighted by atomic mass is 32.2. The lowest BCUT2D eigenvalue weighted by atomic mass is 10.2. The SMILES string of the molecule is COc1ccc(N=C2SCC(=O)N2Cn2cnc3ccccc3c2=O)cc1. The van der Waals surface area contributed by atoms with Crippen LogP contribution in [0.1, 0.15) is 0 Å². The van der Waals surface area contributed by atoms with Crippen LogP contribution in [0, 0.1) is 0 Å². The van der Waals surface area contributed by atoms with E-state index in [1.165, 1.54) is 27.6 Å². The molecule has 2 aromatic carbocycles. The van der Waals surface area contributed by atoms with Crippen LogP contribution in [0.3, 0.4) is 0 Å². The van der Waals surface area contributed by atoms with Crippen LogP contribution >= 0.6 is 11.8 Å². The van der Waals surface area contributed by atoms with Gasteiger partial charge in [0.05, 0.1) is 35.8 Å². The van der Waals surface area contributed by atoms with Gasteiger partial charge in [0.2, 0.25) is 5.91 Å². The summed E-state index contributed by atoms with van der Waals surface area (Å²) >= 11 is 1.35. The molecule has 0 N–H and O–H groups in total. The minimum atomic E-state index is -0.186. The molecule has 1 aliphatic heterocycles. The Bertz CT molecular complexity index is 1090. The van der Waals surface area contributed by atoms with E-state index in [1.807, 2.05) is 30.3 Å². The Labute approximate surface area is 159 Å². The molecule has 0 saturated carbocycles. The zero-order chi connectivity index (χ0) is 18.8. The summed E-state index contributed by atoms with van der Waals surface area (Å²) in [6.45, 7) is 0.0808. The molecule has 7 nitrogen and oxygen atoms in total. The van der Waals surface area contributed by atoms with Gasteiger partial charge in [-0.15, -0.1) is 0 Å². The standard InChI is InChI=1S/C19H16N4O3S/c1-26-14-8-6-13(7-9-14)21-19-23(17(24)10-27-19)12-22-11-20-16-5-3-2-4-15(16)18(22)25/h2-9,11H,10,12H2,1H3. The number of para-hydroxylation sites is 1. The van der Waals surface area contributed by atoms with Gasteiger partial charge >= 0.3 is 0 Å². The molecule has 1 fully saturated rings. The number of fused-ring (bicyclic) bond motifs is 1. The second-order valence-corrected chi connectivity index (χ2v) is 6.82. The fourth-order valence-corrected chi connectivity index (χ4v) is 3.64. The minimum absolute atomic E-state index is 0.0808. The molecule has 0 atom stereocenters. The number of carbonyl (C=O) groups excluding carboxylic acids is 1. The van der Waals surface area contributed by atoms with Crippen LogP contribution in [-0.4, -0.2) is 38.4 Å². The summed E-state index contributed by atoms with van der Waals surface area (Å²) in [6, 6.07) is 14.4. The first-order valence-electron chi connectivity index (χ1n) is 8.26. The molecule has 3 aromatic rings. The van der Waals surface area contributed by atoms with E-state index in [1.54, 1.807) is 25.3 Å². The predicted octanol–water partition coefficient (Wildman–Crippen LogP) is 2.63. The van der Waals surface area contributed by atoms with Crippen molar-refractivity contribution in [2.45, 2.75) is 6.67 Å². The number of hydrogen-bond acceptors (Lipinski definition) is 6. The van der Waals surface area contributed by atoms with E-state index in [4.69, 9.17) is 4.74 Å². The molecular formula is C19H16N4O3S. The number of carbonyl (C=O) groups is 1. The first kappa shape index (κ1) is 17.3. The number of amidine groups is 1. The van der Waals surface area contributed by atoms with Gasteiger partial charge < -0.3 is 4.74 Å². The van der Waals surface area contributed by atoms with Crippen LogP contribution in [-0.2, 0) is 11.5 Å². The first-order chi connectivity index (χ1) is 13.2. The highest BCUT2D eigenvalue weighted by Crippen LogP contribution is 2.25. The van der Waals surface area contributed by atoms with Crippen molar-refractivity contribution in [2.24, 2.45) is 4.99 Å². The van der Waals surface area contributed by atoms with Gasteiger partial charge in [-0.1, -0.05) is 23.9 Å². The van der Waals surface area contributed by atoms with E-state index in [0.29, 0.717) is 27.5 Å². The smallest absolute Gasteiger partial charge is 0.262 e. The summed E-state index contributed by atoms with van der Waals surface area (Å²) in [4.78, 5) is 35.4. The molecule has 1 saturated heterocycles. The topological polar surface area (TPSA) is 76.8 Å². The quantitative estimate of drug-likeness (QED) is 0.695. The summed E-state index contributed by atoms with van der Waals surface area (Å²) in [7, 11) is 1.60. The summed E-state index contributed by atoms with van der Waals surface area (Å²) in [6.07, 6.45) is 1.46. The van der Waals surface area contributed by atoms with E-state index in [2.05, 4.69) is 9.98 Å². The number of nitrogens with zero attached hydrogens (tertiary/aromatic N) is 4. The summed E-state index contributed by atoms with van der Waals surface area (Å²) in [5, 5.41) is 1.08. The van der Waals surface area contributed by atoms with E-state index >= 15 is 0 Å². The Hall–Kier alpha value is -3.13. The molecular weight excluding hydrogens is 364 g/mol. The molecule has 27 heavy (non-hydrogen) atoms. The maximum Gasteiger partial charge on any atom is 0.262 e. The Morgan fingerprint density at radius 1 is 1.15 bits per heavy atom. The minimum Gasteiger partial charge on any atom is -0.497 e.